The van der Waals surface area contributed by atoms with Gasteiger partial charge in [-0.3, -0.25) is 0 Å². The maximum atomic E-state index is 5.62. The molecule has 4 saturated carbocycles. The Morgan fingerprint density at radius 3 is 1.68 bits per heavy atom. The van der Waals surface area contributed by atoms with Gasteiger partial charge in [-0.2, -0.15) is 0 Å². The fourth-order valence-corrected chi connectivity index (χ4v) is 9.95. The summed E-state index contributed by atoms with van der Waals surface area (Å²) < 4.78 is 11.2. The smallest absolute Gasteiger partial charge is 0.119 e. The van der Waals surface area contributed by atoms with Crippen molar-refractivity contribution in [2.45, 2.75) is 31.1 Å². The summed E-state index contributed by atoms with van der Waals surface area (Å²) in [6.45, 7) is 0. The lowest BCUT2D eigenvalue weighted by atomic mass is 9.66. The summed E-state index contributed by atoms with van der Waals surface area (Å²) in [5.41, 5.74) is 6.05. The summed E-state index contributed by atoms with van der Waals surface area (Å²) in [6, 6.07) is 13.7. The highest BCUT2D eigenvalue weighted by Crippen LogP contribution is 2.75. The standard InChI is InChI=1S/C29H30O2/c1-30-17-5-7-25-19(10-17)20-11-18(31-2)6-8-26(20)29(25)13-23-21-12-22(24(23)14-29)28-16-4-3-15(9-16)27(21)28/h3-8,10-11,15-16,21-24,27-28H,9,12-14H2,1-2H3. The average Bonchev–Trinajstić information content (AvgIpc) is 3.62. The lowest BCUT2D eigenvalue weighted by Gasteiger charge is -2.39. The van der Waals surface area contributed by atoms with E-state index in [9.17, 15) is 0 Å². The van der Waals surface area contributed by atoms with Crippen LogP contribution in [-0.4, -0.2) is 14.2 Å². The molecule has 158 valence electrons. The Labute approximate surface area is 184 Å². The molecule has 0 heterocycles. The second-order valence-electron chi connectivity index (χ2n) is 11.3. The molecular formula is C29H30O2. The van der Waals surface area contributed by atoms with Gasteiger partial charge in [-0.05, 0) is 120 Å². The molecule has 1 spiro atoms. The van der Waals surface area contributed by atoms with Gasteiger partial charge < -0.3 is 9.47 Å². The van der Waals surface area contributed by atoms with Gasteiger partial charge in [0, 0.05) is 5.41 Å². The van der Waals surface area contributed by atoms with E-state index in [1.54, 1.807) is 25.3 Å². The van der Waals surface area contributed by atoms with E-state index in [0.29, 0.717) is 0 Å². The van der Waals surface area contributed by atoms with E-state index in [0.717, 1.165) is 58.8 Å². The summed E-state index contributed by atoms with van der Waals surface area (Å²) in [4.78, 5) is 0. The van der Waals surface area contributed by atoms with Crippen molar-refractivity contribution in [1.29, 1.82) is 0 Å². The Kier molecular flexibility index (Phi) is 3.12. The van der Waals surface area contributed by atoms with Crippen LogP contribution in [0.2, 0.25) is 0 Å². The summed E-state index contributed by atoms with van der Waals surface area (Å²) in [6.07, 6.45) is 10.9. The van der Waals surface area contributed by atoms with Gasteiger partial charge in [0.25, 0.3) is 0 Å². The molecule has 8 unspecified atom stereocenters. The third-order valence-electron chi connectivity index (χ3n) is 10.7. The molecule has 6 aliphatic carbocycles. The van der Waals surface area contributed by atoms with E-state index in [4.69, 9.17) is 9.47 Å². The van der Waals surface area contributed by atoms with Crippen LogP contribution in [0.1, 0.15) is 36.8 Å². The van der Waals surface area contributed by atoms with E-state index >= 15 is 0 Å². The van der Waals surface area contributed by atoms with Crippen LogP contribution in [0.25, 0.3) is 11.1 Å². The number of fused-ring (bicyclic) bond motifs is 17. The zero-order valence-corrected chi connectivity index (χ0v) is 18.4. The van der Waals surface area contributed by atoms with Crippen LogP contribution >= 0.6 is 0 Å². The van der Waals surface area contributed by atoms with E-state index in [1.165, 1.54) is 36.8 Å². The summed E-state index contributed by atoms with van der Waals surface area (Å²) in [5, 5.41) is 0. The van der Waals surface area contributed by atoms with Gasteiger partial charge in [-0.25, -0.2) is 0 Å². The topological polar surface area (TPSA) is 18.5 Å². The summed E-state index contributed by atoms with van der Waals surface area (Å²) >= 11 is 0. The van der Waals surface area contributed by atoms with Crippen molar-refractivity contribution in [3.63, 3.8) is 0 Å². The number of allylic oxidation sites excluding steroid dienone is 2. The monoisotopic (exact) mass is 410 g/mol. The summed E-state index contributed by atoms with van der Waals surface area (Å²) in [7, 11) is 3.55. The molecule has 0 saturated heterocycles. The first kappa shape index (κ1) is 17.3. The fourth-order valence-electron chi connectivity index (χ4n) is 9.95. The highest BCUT2D eigenvalue weighted by atomic mass is 16.5. The second kappa shape index (κ2) is 5.57. The van der Waals surface area contributed by atoms with E-state index in [2.05, 4.69) is 48.6 Å². The molecule has 0 radical (unpaired) electrons. The van der Waals surface area contributed by atoms with Gasteiger partial charge in [0.2, 0.25) is 0 Å². The zero-order valence-electron chi connectivity index (χ0n) is 18.4. The average molecular weight is 411 g/mol. The van der Waals surface area contributed by atoms with E-state index in [1.807, 2.05) is 0 Å². The molecule has 2 aromatic rings. The minimum atomic E-state index is 0.195. The largest absolute Gasteiger partial charge is 0.497 e. The number of hydrogen-bond acceptors (Lipinski definition) is 2. The first-order valence-corrected chi connectivity index (χ1v) is 12.3. The molecule has 8 rings (SSSR count). The summed E-state index contributed by atoms with van der Waals surface area (Å²) in [5.74, 6) is 9.51. The minimum Gasteiger partial charge on any atom is -0.497 e. The van der Waals surface area contributed by atoms with Gasteiger partial charge in [0.05, 0.1) is 14.2 Å². The van der Waals surface area contributed by atoms with Crippen molar-refractivity contribution in [3.8, 4) is 22.6 Å². The quantitative estimate of drug-likeness (QED) is 0.441. The molecular weight excluding hydrogens is 380 g/mol. The molecule has 0 N–H and O–H groups in total. The van der Waals surface area contributed by atoms with Crippen molar-refractivity contribution in [2.24, 2.45) is 47.3 Å². The first-order chi connectivity index (χ1) is 15.2. The van der Waals surface area contributed by atoms with Crippen molar-refractivity contribution >= 4 is 0 Å². The maximum absolute atomic E-state index is 5.62. The molecule has 4 fully saturated rings. The van der Waals surface area contributed by atoms with Crippen LogP contribution in [0.4, 0.5) is 0 Å². The Morgan fingerprint density at radius 1 is 0.677 bits per heavy atom. The van der Waals surface area contributed by atoms with Crippen molar-refractivity contribution in [3.05, 3.63) is 59.7 Å². The Morgan fingerprint density at radius 2 is 1.19 bits per heavy atom. The van der Waals surface area contributed by atoms with Crippen molar-refractivity contribution < 1.29 is 9.47 Å². The lowest BCUT2D eigenvalue weighted by molar-refractivity contribution is 0.108. The second-order valence-corrected chi connectivity index (χ2v) is 11.3. The Balaban J connectivity index is 1.27. The molecule has 8 atom stereocenters. The van der Waals surface area contributed by atoms with E-state index < -0.39 is 0 Å². The molecule has 4 bridgehead atoms. The Hall–Kier alpha value is -2.22. The number of rotatable bonds is 2. The predicted molar refractivity (Wildman–Crippen MR) is 121 cm³/mol. The molecule has 0 aromatic heterocycles. The van der Waals surface area contributed by atoms with Crippen LogP contribution in [0.3, 0.4) is 0 Å². The Bertz CT molecular complexity index is 1060. The van der Waals surface area contributed by atoms with E-state index in [-0.39, 0.29) is 5.41 Å². The van der Waals surface area contributed by atoms with Crippen LogP contribution < -0.4 is 9.47 Å². The van der Waals surface area contributed by atoms with Crippen LogP contribution in [0.5, 0.6) is 11.5 Å². The molecule has 31 heavy (non-hydrogen) atoms. The molecule has 2 nitrogen and oxygen atoms in total. The van der Waals surface area contributed by atoms with Crippen LogP contribution in [-0.2, 0) is 5.41 Å². The van der Waals surface area contributed by atoms with Gasteiger partial charge in [-0.1, -0.05) is 24.3 Å². The molecule has 2 heteroatoms. The third kappa shape index (κ3) is 1.89. The lowest BCUT2D eigenvalue weighted by Crippen LogP contribution is -2.34. The maximum Gasteiger partial charge on any atom is 0.119 e. The first-order valence-electron chi connectivity index (χ1n) is 12.3. The molecule has 2 aromatic carbocycles. The number of ether oxygens (including phenoxy) is 2. The molecule has 0 aliphatic heterocycles. The van der Waals surface area contributed by atoms with Gasteiger partial charge in [0.15, 0.2) is 0 Å². The van der Waals surface area contributed by atoms with Crippen molar-refractivity contribution in [1.82, 2.24) is 0 Å². The third-order valence-corrected chi connectivity index (χ3v) is 10.7. The molecule has 6 aliphatic rings. The highest BCUT2D eigenvalue weighted by Gasteiger charge is 2.68. The number of methoxy groups -OCH3 is 2. The van der Waals surface area contributed by atoms with Crippen LogP contribution in [0.15, 0.2) is 48.6 Å². The normalized spacial score (nSPS) is 40.8. The van der Waals surface area contributed by atoms with Gasteiger partial charge in [-0.15, -0.1) is 0 Å². The highest BCUT2D eigenvalue weighted by molar-refractivity contribution is 5.83. The van der Waals surface area contributed by atoms with Gasteiger partial charge in [0.1, 0.15) is 11.5 Å². The molecule has 0 amide bonds. The van der Waals surface area contributed by atoms with Gasteiger partial charge >= 0.3 is 0 Å². The van der Waals surface area contributed by atoms with Crippen molar-refractivity contribution in [2.75, 3.05) is 14.2 Å². The predicted octanol–water partition coefficient (Wildman–Crippen LogP) is 6.08. The van der Waals surface area contributed by atoms with Crippen LogP contribution in [0, 0.1) is 47.3 Å². The minimum absolute atomic E-state index is 0.195. The SMILES string of the molecule is COc1ccc2c(c1)-c1cc(OC)ccc1C21CC2C(C1)C1CC2C2C3C=CC(C3)C12. The number of benzene rings is 2. The fraction of sp³-hybridized carbons (Fsp3) is 0.517. The zero-order chi connectivity index (χ0) is 20.5. The number of hydrogen-bond donors (Lipinski definition) is 0.